The molecule has 0 spiro atoms. The molecule has 9 heteroatoms. The van der Waals surface area contributed by atoms with Gasteiger partial charge in [-0.2, -0.15) is 4.31 Å². The zero-order valence-electron chi connectivity index (χ0n) is 19.9. The van der Waals surface area contributed by atoms with E-state index >= 15 is 0 Å². The molecule has 180 valence electrons. The number of hydrogen-bond acceptors (Lipinski definition) is 7. The Balaban J connectivity index is 1.63. The number of ether oxygens (including phenoxy) is 1. The number of methoxy groups -OCH3 is 1. The summed E-state index contributed by atoms with van der Waals surface area (Å²) in [7, 11) is -0.528. The highest BCUT2D eigenvalue weighted by Crippen LogP contribution is 2.38. The quantitative estimate of drug-likeness (QED) is 0.481. The predicted molar refractivity (Wildman–Crippen MR) is 131 cm³/mol. The lowest BCUT2D eigenvalue weighted by atomic mass is 9.91. The Morgan fingerprint density at radius 1 is 1.27 bits per heavy atom. The number of allylic oxidation sites excluding steroid dienone is 1. The van der Waals surface area contributed by atoms with Gasteiger partial charge in [-0.3, -0.25) is 4.98 Å². The van der Waals surface area contributed by atoms with E-state index in [9.17, 15) is 13.2 Å². The number of sulfonamides is 1. The smallest absolute Gasteiger partial charge is 0.346 e. The molecule has 3 rings (SSSR count). The summed E-state index contributed by atoms with van der Waals surface area (Å²) in [4.78, 5) is 17.1. The van der Waals surface area contributed by atoms with Crippen molar-refractivity contribution in [2.45, 2.75) is 75.1 Å². The zero-order chi connectivity index (χ0) is 24.2. The minimum absolute atomic E-state index is 0.0212. The van der Waals surface area contributed by atoms with Crippen molar-refractivity contribution in [2.75, 3.05) is 14.2 Å². The molecule has 0 saturated heterocycles. The van der Waals surface area contributed by atoms with Gasteiger partial charge in [0.05, 0.1) is 12.4 Å². The number of esters is 1. The van der Waals surface area contributed by atoms with Crippen LogP contribution >= 0.6 is 11.8 Å². The third-order valence-electron chi connectivity index (χ3n) is 5.80. The van der Waals surface area contributed by atoms with Crippen LogP contribution in [-0.4, -0.2) is 55.2 Å². The zero-order valence-corrected chi connectivity index (χ0v) is 21.6. The predicted octanol–water partition coefficient (Wildman–Crippen LogP) is 3.54. The third kappa shape index (κ3) is 6.52. The lowest BCUT2D eigenvalue weighted by molar-refractivity contribution is -0.135. The van der Waals surface area contributed by atoms with Gasteiger partial charge in [0.25, 0.3) is 0 Å². The topological polar surface area (TPSA) is 88.6 Å². The number of pyridine rings is 1. The summed E-state index contributed by atoms with van der Waals surface area (Å²) in [5.41, 5.74) is 0.794. The summed E-state index contributed by atoms with van der Waals surface area (Å²) in [6, 6.07) is 3.32. The molecule has 1 aliphatic heterocycles. The molecule has 0 amide bonds. The van der Waals surface area contributed by atoms with E-state index in [4.69, 9.17) is 4.74 Å². The van der Waals surface area contributed by atoms with Crippen molar-refractivity contribution in [3.05, 3.63) is 35.1 Å². The van der Waals surface area contributed by atoms with Gasteiger partial charge < -0.3 is 10.1 Å². The number of aromatic nitrogens is 1. The first-order valence-corrected chi connectivity index (χ1v) is 13.5. The van der Waals surface area contributed by atoms with E-state index in [-0.39, 0.29) is 33.6 Å². The second-order valence-electron chi connectivity index (χ2n) is 9.49. The first-order chi connectivity index (χ1) is 15.5. The highest BCUT2D eigenvalue weighted by molar-refractivity contribution is 8.05. The molecule has 33 heavy (non-hydrogen) atoms. The number of thioether (sulfide) groups is 1. The van der Waals surface area contributed by atoms with E-state index in [0.717, 1.165) is 31.4 Å². The normalized spacial score (nSPS) is 23.8. The summed E-state index contributed by atoms with van der Waals surface area (Å²) in [6.45, 7) is 6.20. The van der Waals surface area contributed by atoms with Crippen molar-refractivity contribution >= 4 is 27.8 Å². The average molecular weight is 492 g/mol. The monoisotopic (exact) mass is 491 g/mol. The maximum atomic E-state index is 12.9. The van der Waals surface area contributed by atoms with Crippen molar-refractivity contribution in [3.63, 3.8) is 0 Å². The third-order valence-corrected chi connectivity index (χ3v) is 8.91. The Labute approximate surface area is 201 Å². The first-order valence-electron chi connectivity index (χ1n) is 11.2. The van der Waals surface area contributed by atoms with Crippen molar-refractivity contribution < 1.29 is 17.9 Å². The van der Waals surface area contributed by atoms with Crippen LogP contribution in [0.2, 0.25) is 0 Å². The Kier molecular flexibility index (Phi) is 8.14. The molecular formula is C24H33N3O4S2. The van der Waals surface area contributed by atoms with Crippen LogP contribution in [0.4, 0.5) is 0 Å². The Morgan fingerprint density at radius 3 is 2.55 bits per heavy atom. The number of carbonyl (C=O) groups is 1. The van der Waals surface area contributed by atoms with Crippen LogP contribution in [0.5, 0.6) is 0 Å². The van der Waals surface area contributed by atoms with Crippen molar-refractivity contribution in [1.29, 1.82) is 0 Å². The van der Waals surface area contributed by atoms with Gasteiger partial charge in [0, 0.05) is 49.1 Å². The van der Waals surface area contributed by atoms with Crippen LogP contribution in [0, 0.1) is 17.3 Å². The minimum Gasteiger partial charge on any atom is -0.465 e. The fraction of sp³-hybridized carbons (Fsp3) is 0.583. The Bertz CT molecular complexity index is 1040. The summed E-state index contributed by atoms with van der Waals surface area (Å²) in [6.07, 6.45) is 6.75. The van der Waals surface area contributed by atoms with Crippen LogP contribution < -0.4 is 5.32 Å². The van der Waals surface area contributed by atoms with Gasteiger partial charge in [0.1, 0.15) is 9.80 Å². The summed E-state index contributed by atoms with van der Waals surface area (Å²) in [5.74, 6) is 6.23. The lowest BCUT2D eigenvalue weighted by Crippen LogP contribution is -2.43. The fourth-order valence-corrected chi connectivity index (χ4v) is 6.49. The maximum absolute atomic E-state index is 12.9. The van der Waals surface area contributed by atoms with Crippen LogP contribution in [0.1, 0.15) is 52.9 Å². The molecule has 7 nitrogen and oxygen atoms in total. The maximum Gasteiger partial charge on any atom is 0.346 e. The van der Waals surface area contributed by atoms with Gasteiger partial charge in [0.15, 0.2) is 0 Å². The first kappa shape index (κ1) is 25.6. The van der Waals surface area contributed by atoms with Crippen molar-refractivity contribution in [3.8, 4) is 11.8 Å². The van der Waals surface area contributed by atoms with Gasteiger partial charge in [0.2, 0.25) is 10.0 Å². The molecule has 1 saturated carbocycles. The number of nitrogens with one attached hydrogen (secondary N) is 1. The Morgan fingerprint density at radius 2 is 1.97 bits per heavy atom. The minimum atomic E-state index is -3.57. The standard InChI is InChI=1S/C24H33N3O4S2/c1-24(2,3)13-12-19-15-21(22(32-19)23(28)31-5)26-17-8-10-18(11-9-17)27(4)33(29,30)20-7-6-14-25-16-20/h6-7,14,16-19,26H,8-11,15H2,1-5H3. The SMILES string of the molecule is COC(=O)C1=C(NC2CCC(N(C)S(=O)(=O)c3cccnc3)CC2)CC(C#CC(C)(C)C)S1. The van der Waals surface area contributed by atoms with Crippen LogP contribution in [0.25, 0.3) is 0 Å². The van der Waals surface area contributed by atoms with E-state index in [2.05, 4.69) is 42.9 Å². The molecule has 0 bridgehead atoms. The molecule has 1 aliphatic carbocycles. The molecule has 1 aromatic heterocycles. The van der Waals surface area contributed by atoms with Gasteiger partial charge in [-0.15, -0.1) is 0 Å². The molecule has 1 aromatic rings. The van der Waals surface area contributed by atoms with E-state index in [1.54, 1.807) is 25.4 Å². The molecule has 1 fully saturated rings. The summed E-state index contributed by atoms with van der Waals surface area (Å²) >= 11 is 1.46. The van der Waals surface area contributed by atoms with Gasteiger partial charge in [-0.1, -0.05) is 23.6 Å². The van der Waals surface area contributed by atoms with E-state index in [1.807, 2.05) is 0 Å². The number of nitrogens with zero attached hydrogens (tertiary/aromatic N) is 2. The molecule has 0 radical (unpaired) electrons. The van der Waals surface area contributed by atoms with E-state index in [1.165, 1.54) is 29.4 Å². The second kappa shape index (κ2) is 10.5. The van der Waals surface area contributed by atoms with E-state index < -0.39 is 10.0 Å². The average Bonchev–Trinajstić information content (AvgIpc) is 3.20. The molecule has 2 heterocycles. The molecule has 1 atom stereocenters. The second-order valence-corrected chi connectivity index (χ2v) is 12.7. The molecule has 2 aliphatic rings. The lowest BCUT2D eigenvalue weighted by Gasteiger charge is -2.35. The number of rotatable bonds is 6. The molecule has 0 aromatic carbocycles. The number of carbonyl (C=O) groups excluding carboxylic acids is 1. The van der Waals surface area contributed by atoms with E-state index in [0.29, 0.717) is 11.3 Å². The van der Waals surface area contributed by atoms with Crippen LogP contribution in [-0.2, 0) is 19.6 Å². The van der Waals surface area contributed by atoms with Crippen molar-refractivity contribution in [2.24, 2.45) is 5.41 Å². The van der Waals surface area contributed by atoms with Crippen LogP contribution in [0.3, 0.4) is 0 Å². The largest absolute Gasteiger partial charge is 0.465 e. The van der Waals surface area contributed by atoms with Gasteiger partial charge in [-0.05, 0) is 58.6 Å². The number of hydrogen-bond donors (Lipinski definition) is 1. The highest BCUT2D eigenvalue weighted by atomic mass is 32.2. The van der Waals surface area contributed by atoms with Crippen LogP contribution in [0.15, 0.2) is 40.0 Å². The summed E-state index contributed by atoms with van der Waals surface area (Å²) < 4.78 is 32.3. The van der Waals surface area contributed by atoms with Gasteiger partial charge >= 0.3 is 5.97 Å². The highest BCUT2D eigenvalue weighted by Gasteiger charge is 2.34. The molecule has 1 unspecified atom stereocenters. The fourth-order valence-electron chi connectivity index (χ4n) is 3.99. The molecular weight excluding hydrogens is 458 g/mol. The molecule has 1 N–H and O–H groups in total. The Hall–Kier alpha value is -2.02. The van der Waals surface area contributed by atoms with Gasteiger partial charge in [-0.25, -0.2) is 13.2 Å². The summed E-state index contributed by atoms with van der Waals surface area (Å²) in [5, 5.41) is 3.57. The van der Waals surface area contributed by atoms with Crippen molar-refractivity contribution in [1.82, 2.24) is 14.6 Å².